The summed E-state index contributed by atoms with van der Waals surface area (Å²) in [7, 11) is 1.65. The Bertz CT molecular complexity index is 793. The van der Waals surface area contributed by atoms with Crippen LogP contribution in [0.1, 0.15) is 38.8 Å². The minimum absolute atomic E-state index is 0.0515. The van der Waals surface area contributed by atoms with E-state index in [2.05, 4.69) is 22.5 Å². The van der Waals surface area contributed by atoms with Crippen LogP contribution in [0.2, 0.25) is 0 Å². The Balaban J connectivity index is 1.73. The van der Waals surface area contributed by atoms with Gasteiger partial charge in [0.1, 0.15) is 5.01 Å². The Labute approximate surface area is 170 Å². The van der Waals surface area contributed by atoms with Crippen molar-refractivity contribution in [3.8, 4) is 22.1 Å². The zero-order valence-corrected chi connectivity index (χ0v) is 17.7. The van der Waals surface area contributed by atoms with E-state index >= 15 is 0 Å². The first-order chi connectivity index (χ1) is 13.7. The molecule has 1 aromatic heterocycles. The molecule has 0 aliphatic carbocycles. The van der Waals surface area contributed by atoms with Crippen LogP contribution in [0.4, 0.5) is 0 Å². The van der Waals surface area contributed by atoms with Crippen molar-refractivity contribution in [1.82, 2.24) is 15.2 Å². The first-order valence-corrected chi connectivity index (χ1v) is 10.8. The number of piperazine rings is 1. The van der Waals surface area contributed by atoms with E-state index in [-0.39, 0.29) is 11.9 Å². The molecule has 1 fully saturated rings. The highest BCUT2D eigenvalue weighted by molar-refractivity contribution is 7.13. The molecule has 0 saturated carbocycles. The first kappa shape index (κ1) is 20.6. The van der Waals surface area contributed by atoms with Crippen LogP contribution in [-0.4, -0.2) is 48.6 Å². The van der Waals surface area contributed by atoms with Gasteiger partial charge in [-0.3, -0.25) is 9.69 Å². The van der Waals surface area contributed by atoms with Crippen LogP contribution in [0.5, 0.6) is 11.5 Å². The van der Waals surface area contributed by atoms with E-state index in [1.165, 1.54) is 0 Å². The van der Waals surface area contributed by atoms with Gasteiger partial charge < -0.3 is 14.8 Å². The maximum absolute atomic E-state index is 12.3. The molecule has 1 aliphatic rings. The predicted molar refractivity (Wildman–Crippen MR) is 112 cm³/mol. The van der Waals surface area contributed by atoms with E-state index in [4.69, 9.17) is 14.5 Å². The fourth-order valence-corrected chi connectivity index (χ4v) is 4.27. The molecule has 6 nitrogen and oxygen atoms in total. The topological polar surface area (TPSA) is 63.7 Å². The van der Waals surface area contributed by atoms with Gasteiger partial charge in [0.2, 0.25) is 5.91 Å². The van der Waals surface area contributed by atoms with Crippen LogP contribution in [0.15, 0.2) is 23.6 Å². The van der Waals surface area contributed by atoms with Gasteiger partial charge in [0, 0.05) is 30.6 Å². The summed E-state index contributed by atoms with van der Waals surface area (Å²) in [5.74, 6) is 1.60. The lowest BCUT2D eigenvalue weighted by Crippen LogP contribution is -2.54. The Kier molecular flexibility index (Phi) is 7.28. The molecule has 1 saturated heterocycles. The van der Waals surface area contributed by atoms with Gasteiger partial charge in [0.15, 0.2) is 11.5 Å². The van der Waals surface area contributed by atoms with Crippen molar-refractivity contribution in [3.05, 3.63) is 29.3 Å². The molecule has 2 heterocycles. The number of ether oxygens (including phenoxy) is 2. The zero-order valence-electron chi connectivity index (χ0n) is 16.9. The van der Waals surface area contributed by atoms with Crippen molar-refractivity contribution in [2.75, 3.05) is 26.8 Å². The maximum Gasteiger partial charge on any atom is 0.237 e. The summed E-state index contributed by atoms with van der Waals surface area (Å²) in [6.45, 7) is 6.97. The molecule has 1 aliphatic heterocycles. The third kappa shape index (κ3) is 4.83. The van der Waals surface area contributed by atoms with Crippen molar-refractivity contribution in [3.63, 3.8) is 0 Å². The number of nitrogens with one attached hydrogen (secondary N) is 1. The summed E-state index contributed by atoms with van der Waals surface area (Å²) in [6, 6.07) is 5.85. The number of hydrogen-bond donors (Lipinski definition) is 1. The van der Waals surface area contributed by atoms with Gasteiger partial charge in [0.25, 0.3) is 0 Å². The number of rotatable bonds is 9. The van der Waals surface area contributed by atoms with Gasteiger partial charge in [0.05, 0.1) is 25.5 Å². The van der Waals surface area contributed by atoms with Crippen LogP contribution < -0.4 is 14.8 Å². The molecule has 1 atom stereocenters. The van der Waals surface area contributed by atoms with Gasteiger partial charge in [-0.05, 0) is 31.5 Å². The molecular weight excluding hydrogens is 374 g/mol. The number of thiazole rings is 1. The van der Waals surface area contributed by atoms with Gasteiger partial charge in [-0.25, -0.2) is 4.98 Å². The van der Waals surface area contributed by atoms with Crippen LogP contribution >= 0.6 is 11.3 Å². The Morgan fingerprint density at radius 1 is 1.32 bits per heavy atom. The predicted octanol–water partition coefficient (Wildman–Crippen LogP) is 3.71. The van der Waals surface area contributed by atoms with E-state index in [1.54, 1.807) is 18.4 Å². The fourth-order valence-electron chi connectivity index (χ4n) is 3.46. The van der Waals surface area contributed by atoms with Crippen molar-refractivity contribution >= 4 is 17.2 Å². The SMILES string of the molecule is CCCC[C@@H]1C(=O)NCCN1Cc1csc(-c2ccc(OCC)c(OC)c2)n1. The van der Waals surface area contributed by atoms with E-state index in [0.29, 0.717) is 25.4 Å². The molecule has 3 rings (SSSR count). The van der Waals surface area contributed by atoms with Crippen LogP contribution in [0.3, 0.4) is 0 Å². The summed E-state index contributed by atoms with van der Waals surface area (Å²) in [5.41, 5.74) is 2.01. The van der Waals surface area contributed by atoms with Crippen LogP contribution in [-0.2, 0) is 11.3 Å². The van der Waals surface area contributed by atoms with Crippen LogP contribution in [0, 0.1) is 0 Å². The third-order valence-corrected chi connectivity index (χ3v) is 5.84. The van der Waals surface area contributed by atoms with E-state index in [0.717, 1.165) is 47.8 Å². The number of amides is 1. The number of carbonyl (C=O) groups is 1. The molecule has 7 heteroatoms. The summed E-state index contributed by atoms with van der Waals surface area (Å²) in [6.07, 6.45) is 3.05. The van der Waals surface area contributed by atoms with Crippen molar-refractivity contribution in [2.24, 2.45) is 0 Å². The van der Waals surface area contributed by atoms with E-state index < -0.39 is 0 Å². The molecule has 0 spiro atoms. The molecule has 1 N–H and O–H groups in total. The molecule has 2 aromatic rings. The highest BCUT2D eigenvalue weighted by Crippen LogP contribution is 2.34. The number of methoxy groups -OCH3 is 1. The lowest BCUT2D eigenvalue weighted by Gasteiger charge is -2.34. The Morgan fingerprint density at radius 2 is 2.18 bits per heavy atom. The molecular formula is C21H29N3O3S. The molecule has 0 bridgehead atoms. The summed E-state index contributed by atoms with van der Waals surface area (Å²) < 4.78 is 11.0. The molecule has 0 radical (unpaired) electrons. The van der Waals surface area contributed by atoms with Gasteiger partial charge in [-0.2, -0.15) is 0 Å². The van der Waals surface area contributed by atoms with Crippen molar-refractivity contribution in [1.29, 1.82) is 0 Å². The average Bonchev–Trinajstić information content (AvgIpc) is 3.16. The van der Waals surface area contributed by atoms with E-state index in [1.807, 2.05) is 25.1 Å². The number of carbonyl (C=O) groups excluding carboxylic acids is 1. The van der Waals surface area contributed by atoms with Gasteiger partial charge in [-0.1, -0.05) is 19.8 Å². The fraction of sp³-hybridized carbons (Fsp3) is 0.524. The second-order valence-electron chi connectivity index (χ2n) is 6.86. The normalized spacial score (nSPS) is 17.4. The minimum Gasteiger partial charge on any atom is -0.493 e. The number of hydrogen-bond acceptors (Lipinski definition) is 6. The Morgan fingerprint density at radius 3 is 2.93 bits per heavy atom. The minimum atomic E-state index is -0.0515. The maximum atomic E-state index is 12.3. The molecule has 1 aromatic carbocycles. The standard InChI is InChI=1S/C21H29N3O3S/c1-4-6-7-17-20(25)22-10-11-24(17)13-16-14-28-21(23-16)15-8-9-18(27-5-2)19(12-15)26-3/h8-9,12,14,17H,4-7,10-11,13H2,1-3H3,(H,22,25)/t17-/m1/s1. The average molecular weight is 404 g/mol. The second kappa shape index (κ2) is 9.89. The lowest BCUT2D eigenvalue weighted by atomic mass is 10.1. The molecule has 28 heavy (non-hydrogen) atoms. The van der Waals surface area contributed by atoms with Crippen molar-refractivity contribution in [2.45, 2.75) is 45.7 Å². The van der Waals surface area contributed by atoms with Gasteiger partial charge >= 0.3 is 0 Å². The Hall–Kier alpha value is -2.12. The summed E-state index contributed by atoms with van der Waals surface area (Å²) in [4.78, 5) is 19.4. The highest BCUT2D eigenvalue weighted by Gasteiger charge is 2.29. The summed E-state index contributed by atoms with van der Waals surface area (Å²) >= 11 is 1.61. The smallest absolute Gasteiger partial charge is 0.237 e. The molecule has 152 valence electrons. The second-order valence-corrected chi connectivity index (χ2v) is 7.72. The zero-order chi connectivity index (χ0) is 19.9. The molecule has 1 amide bonds. The lowest BCUT2D eigenvalue weighted by molar-refractivity contribution is -0.129. The number of nitrogens with zero attached hydrogens (tertiary/aromatic N) is 2. The van der Waals surface area contributed by atoms with Crippen molar-refractivity contribution < 1.29 is 14.3 Å². The number of unbranched alkanes of at least 4 members (excludes halogenated alkanes) is 1. The largest absolute Gasteiger partial charge is 0.493 e. The quantitative estimate of drug-likeness (QED) is 0.692. The van der Waals surface area contributed by atoms with Gasteiger partial charge in [-0.15, -0.1) is 11.3 Å². The third-order valence-electron chi connectivity index (χ3n) is 4.90. The van der Waals surface area contributed by atoms with E-state index in [9.17, 15) is 4.79 Å². The monoisotopic (exact) mass is 403 g/mol. The first-order valence-electron chi connectivity index (χ1n) is 9.93. The molecule has 0 unspecified atom stereocenters. The number of aromatic nitrogens is 1. The van der Waals surface area contributed by atoms with Crippen LogP contribution in [0.25, 0.3) is 10.6 Å². The summed E-state index contributed by atoms with van der Waals surface area (Å²) in [5, 5.41) is 6.02. The highest BCUT2D eigenvalue weighted by atomic mass is 32.1. The number of benzene rings is 1.